The van der Waals surface area contributed by atoms with Gasteiger partial charge in [-0.1, -0.05) is 31.2 Å². The largest absolute Gasteiger partial charge is 0.342 e. The Balaban J connectivity index is 0.866. The second-order valence-electron chi connectivity index (χ2n) is 14.1. The molecule has 50 heavy (non-hydrogen) atoms. The summed E-state index contributed by atoms with van der Waals surface area (Å²) in [5.41, 5.74) is 6.52. The number of anilines is 1. The third-order valence-electron chi connectivity index (χ3n) is 11.0. The summed E-state index contributed by atoms with van der Waals surface area (Å²) in [6.07, 6.45) is 14.4. The minimum Gasteiger partial charge on any atom is -0.342 e. The molecule has 4 aliphatic heterocycles. The molecule has 2 saturated heterocycles. The van der Waals surface area contributed by atoms with E-state index in [0.717, 1.165) is 78.4 Å². The molecule has 2 aromatic carbocycles. The smallest absolute Gasteiger partial charge is 0.236 e. The van der Waals surface area contributed by atoms with Gasteiger partial charge in [0.2, 0.25) is 11.8 Å². The maximum absolute atomic E-state index is 13.9. The van der Waals surface area contributed by atoms with Crippen LogP contribution in [0.4, 0.5) is 11.4 Å². The number of azo groups is 1. The number of aromatic nitrogens is 2. The molecule has 8 rings (SSSR count). The van der Waals surface area contributed by atoms with Crippen LogP contribution in [0.25, 0.3) is 17.1 Å². The number of allylic oxidation sites excluding steroid dienone is 4. The molecule has 5 heterocycles. The molecule has 256 valence electrons. The molecule has 3 aromatic rings. The first-order chi connectivity index (χ1) is 24.4. The van der Waals surface area contributed by atoms with E-state index in [-0.39, 0.29) is 11.8 Å². The molecule has 3 fully saturated rings. The van der Waals surface area contributed by atoms with Crippen LogP contribution in [0.1, 0.15) is 62.5 Å². The molecule has 5 aliphatic rings. The lowest BCUT2D eigenvalue weighted by atomic mass is 9.83. The number of benzene rings is 2. The minimum absolute atomic E-state index is 0.0222. The van der Waals surface area contributed by atoms with E-state index in [4.69, 9.17) is 0 Å². The van der Waals surface area contributed by atoms with Crippen LogP contribution in [0.15, 0.2) is 101 Å². The van der Waals surface area contributed by atoms with Crippen molar-refractivity contribution < 1.29 is 14.8 Å². The van der Waals surface area contributed by atoms with Gasteiger partial charge in [-0.05, 0) is 93.0 Å². The normalized spacial score (nSPS) is 23.7. The molecule has 1 atom stereocenters. The Morgan fingerprint density at radius 1 is 0.960 bits per heavy atom. The molecule has 0 unspecified atom stereocenters. The summed E-state index contributed by atoms with van der Waals surface area (Å²) >= 11 is 0. The summed E-state index contributed by atoms with van der Waals surface area (Å²) in [4.78, 5) is 40.1. The van der Waals surface area contributed by atoms with Crippen molar-refractivity contribution in [2.24, 2.45) is 21.6 Å². The van der Waals surface area contributed by atoms with Crippen LogP contribution in [0.3, 0.4) is 0 Å². The molecular formula is C39H42N8O3. The van der Waals surface area contributed by atoms with Crippen molar-refractivity contribution in [3.05, 3.63) is 102 Å². The van der Waals surface area contributed by atoms with Crippen LogP contribution < -0.4 is 5.32 Å². The van der Waals surface area contributed by atoms with Crippen LogP contribution in [-0.4, -0.2) is 74.6 Å². The van der Waals surface area contributed by atoms with Crippen molar-refractivity contribution in [1.82, 2.24) is 24.8 Å². The summed E-state index contributed by atoms with van der Waals surface area (Å²) in [6, 6.07) is 16.0. The van der Waals surface area contributed by atoms with E-state index in [1.54, 1.807) is 18.6 Å². The molecular weight excluding hydrogens is 628 g/mol. The van der Waals surface area contributed by atoms with Crippen LogP contribution in [-0.2, 0) is 9.59 Å². The van der Waals surface area contributed by atoms with Crippen molar-refractivity contribution in [2.45, 2.75) is 51.4 Å². The number of nitrogens with one attached hydrogen (secondary N) is 1. The Hall–Kier alpha value is -5.00. The zero-order chi connectivity index (χ0) is 34.2. The fraction of sp³-hybridized carbons (Fsp3) is 0.385. The third kappa shape index (κ3) is 6.38. The number of rotatable bonds is 8. The van der Waals surface area contributed by atoms with Crippen LogP contribution in [0.2, 0.25) is 0 Å². The minimum atomic E-state index is -0.572. The molecule has 0 spiro atoms. The first-order valence-electron chi connectivity index (χ1n) is 17.8. The van der Waals surface area contributed by atoms with E-state index < -0.39 is 5.41 Å². The number of carbonyl (C=O) groups excluding carboxylic acids is 2. The van der Waals surface area contributed by atoms with Gasteiger partial charge in [-0.25, -0.2) is 15.0 Å². The Kier molecular flexibility index (Phi) is 8.62. The Morgan fingerprint density at radius 2 is 1.74 bits per heavy atom. The van der Waals surface area contributed by atoms with Gasteiger partial charge in [0.15, 0.2) is 5.82 Å². The summed E-state index contributed by atoms with van der Waals surface area (Å²) in [5.74, 6) is 1.63. The van der Waals surface area contributed by atoms with Gasteiger partial charge in [0.05, 0.1) is 17.6 Å². The predicted octanol–water partition coefficient (Wildman–Crippen LogP) is 6.91. The van der Waals surface area contributed by atoms with Gasteiger partial charge in [0.1, 0.15) is 5.70 Å². The number of likely N-dealkylation sites (tertiary alicyclic amines) is 2. The number of carbonyl (C=O) groups is 2. The fourth-order valence-corrected chi connectivity index (χ4v) is 7.70. The lowest BCUT2D eigenvalue weighted by Crippen LogP contribution is -2.45. The van der Waals surface area contributed by atoms with Gasteiger partial charge < -0.3 is 10.2 Å². The summed E-state index contributed by atoms with van der Waals surface area (Å²) in [5, 5.41) is 23.5. The second kappa shape index (κ2) is 13.4. The van der Waals surface area contributed by atoms with Gasteiger partial charge >= 0.3 is 0 Å². The first kappa shape index (κ1) is 32.2. The molecule has 11 nitrogen and oxygen atoms in total. The molecule has 1 saturated carbocycles. The van der Waals surface area contributed by atoms with E-state index in [1.807, 2.05) is 41.3 Å². The number of hydrogen-bond acceptors (Lipinski definition) is 9. The number of hydrogen-bond donors (Lipinski definition) is 2. The van der Waals surface area contributed by atoms with Gasteiger partial charge in [0.25, 0.3) is 0 Å². The highest BCUT2D eigenvalue weighted by Gasteiger charge is 2.44. The Morgan fingerprint density at radius 3 is 2.48 bits per heavy atom. The average molecular weight is 671 g/mol. The third-order valence-corrected chi connectivity index (χ3v) is 11.0. The van der Waals surface area contributed by atoms with E-state index in [2.05, 4.69) is 61.6 Å². The maximum atomic E-state index is 13.9. The van der Waals surface area contributed by atoms with Gasteiger partial charge in [0, 0.05) is 72.2 Å². The molecule has 2 N–H and O–H groups in total. The first-order valence-corrected chi connectivity index (χ1v) is 17.8. The van der Waals surface area contributed by atoms with E-state index >= 15 is 0 Å². The number of amides is 2. The number of nitrogens with zero attached hydrogens (tertiary/aromatic N) is 7. The van der Waals surface area contributed by atoms with E-state index in [9.17, 15) is 14.8 Å². The Bertz CT molecular complexity index is 1910. The lowest BCUT2D eigenvalue weighted by Gasteiger charge is -2.33. The maximum Gasteiger partial charge on any atom is 0.236 e. The van der Waals surface area contributed by atoms with E-state index in [0.29, 0.717) is 50.0 Å². The standard InChI is InChI=1S/C39H42N8O3/c1-2-39(38(49)42-31-10-11-33-32(23-31)36(44-43-33)30-14-20-47(50)34(22-30)28-6-7-28)15-21-45(25-39)24-35(48)46-18-12-27(13-19-46)26-4-8-29(9-5-26)37-40-16-3-17-41-37/h3-5,8-11,14,16-17,20,22-23,27-28,50H,2,6-7,12-13,15,18-19,21,24-25H2,1H3,(H,42,49)/t39-/m1/s1. The molecule has 11 heteroatoms. The summed E-state index contributed by atoms with van der Waals surface area (Å²) < 4.78 is 0. The van der Waals surface area contributed by atoms with Crippen LogP contribution >= 0.6 is 0 Å². The lowest BCUT2D eigenvalue weighted by molar-refractivity contribution is -0.134. The molecule has 0 radical (unpaired) electrons. The van der Waals surface area contributed by atoms with Gasteiger partial charge in [-0.3, -0.25) is 19.7 Å². The number of hydroxylamine groups is 2. The molecule has 2 amide bonds. The van der Waals surface area contributed by atoms with Crippen molar-refractivity contribution in [2.75, 3.05) is 38.0 Å². The van der Waals surface area contributed by atoms with Crippen molar-refractivity contribution in [3.8, 4) is 11.4 Å². The quantitative estimate of drug-likeness (QED) is 0.267. The highest BCUT2D eigenvalue weighted by Crippen LogP contribution is 2.44. The Labute approximate surface area is 292 Å². The fourth-order valence-electron chi connectivity index (χ4n) is 7.70. The topological polar surface area (TPSA) is 127 Å². The van der Waals surface area contributed by atoms with Crippen molar-refractivity contribution in [3.63, 3.8) is 0 Å². The second-order valence-corrected chi connectivity index (χ2v) is 14.1. The predicted molar refractivity (Wildman–Crippen MR) is 190 cm³/mol. The zero-order valence-electron chi connectivity index (χ0n) is 28.3. The monoisotopic (exact) mass is 670 g/mol. The van der Waals surface area contributed by atoms with Crippen LogP contribution in [0.5, 0.6) is 0 Å². The highest BCUT2D eigenvalue weighted by atomic mass is 16.5. The van der Waals surface area contributed by atoms with Crippen molar-refractivity contribution >= 4 is 28.9 Å². The van der Waals surface area contributed by atoms with Crippen molar-refractivity contribution in [1.29, 1.82) is 0 Å². The zero-order valence-corrected chi connectivity index (χ0v) is 28.3. The number of fused-ring (bicyclic) bond motifs is 1. The van der Waals surface area contributed by atoms with Gasteiger partial charge in [-0.15, -0.1) is 10.2 Å². The molecule has 1 aromatic heterocycles. The summed E-state index contributed by atoms with van der Waals surface area (Å²) in [7, 11) is 0. The van der Waals surface area contributed by atoms with E-state index in [1.165, 1.54) is 10.6 Å². The van der Waals surface area contributed by atoms with Crippen LogP contribution in [0, 0.1) is 11.3 Å². The number of piperidine rings is 1. The molecule has 0 bridgehead atoms. The highest BCUT2D eigenvalue weighted by molar-refractivity contribution is 5.97. The van der Waals surface area contributed by atoms with Gasteiger partial charge in [-0.2, -0.15) is 0 Å². The molecule has 1 aliphatic carbocycles. The average Bonchev–Trinajstić information content (AvgIpc) is 3.78. The SMILES string of the molecule is CC[C@@]1(C(=O)Nc2ccc3c(c2)C(=C2C=CN(O)C(C4CC4)=C2)N=N3)CCN(CC(=O)N2CCC(c3ccc(-c4ncccn4)cc3)CC2)C1. The summed E-state index contributed by atoms with van der Waals surface area (Å²) in [6.45, 7) is 5.13.